The van der Waals surface area contributed by atoms with Gasteiger partial charge in [0.05, 0.1) is 24.8 Å². The Kier molecular flexibility index (Phi) is 6.22. The molecule has 8 heteroatoms. The molecule has 8 nitrogen and oxygen atoms in total. The van der Waals surface area contributed by atoms with Gasteiger partial charge in [-0.15, -0.1) is 5.10 Å². The van der Waals surface area contributed by atoms with Crippen molar-refractivity contribution in [2.75, 3.05) is 20.3 Å². The Morgan fingerprint density at radius 3 is 2.96 bits per heavy atom. The van der Waals surface area contributed by atoms with Gasteiger partial charge in [0.1, 0.15) is 18.1 Å². The van der Waals surface area contributed by atoms with Gasteiger partial charge in [0.25, 0.3) is 5.91 Å². The normalized spacial score (nSPS) is 10.7. The summed E-state index contributed by atoms with van der Waals surface area (Å²) in [6, 6.07) is 11.1. The minimum absolute atomic E-state index is 0.257. The number of ether oxygens (including phenoxy) is 2. The fourth-order valence-electron chi connectivity index (χ4n) is 2.55. The predicted octanol–water partition coefficient (Wildman–Crippen LogP) is 2.51. The molecule has 1 amide bonds. The largest absolute Gasteiger partial charge is 0.497 e. The molecule has 0 aliphatic heterocycles. The summed E-state index contributed by atoms with van der Waals surface area (Å²) in [6.07, 6.45) is 2.30. The van der Waals surface area contributed by atoms with E-state index in [0.29, 0.717) is 43.3 Å². The number of nitrogens with one attached hydrogen (secondary N) is 1. The Morgan fingerprint density at radius 2 is 2.19 bits per heavy atom. The maximum atomic E-state index is 12.3. The maximum Gasteiger partial charge on any atom is 0.273 e. The summed E-state index contributed by atoms with van der Waals surface area (Å²) in [5.41, 5.74) is 1.74. The molecular weight excluding hydrogens is 348 g/mol. The van der Waals surface area contributed by atoms with Gasteiger partial charge in [-0.25, -0.2) is 4.68 Å². The van der Waals surface area contributed by atoms with E-state index in [2.05, 4.69) is 15.6 Å². The lowest BCUT2D eigenvalue weighted by molar-refractivity contribution is 0.0912. The molecular formula is C19H22N4O4. The zero-order chi connectivity index (χ0) is 19.1. The molecule has 1 N–H and O–H groups in total. The molecule has 0 spiro atoms. The highest BCUT2D eigenvalue weighted by atomic mass is 16.5. The van der Waals surface area contributed by atoms with Gasteiger partial charge in [-0.2, -0.15) is 0 Å². The van der Waals surface area contributed by atoms with Crippen molar-refractivity contribution in [2.24, 2.45) is 0 Å². The first-order chi connectivity index (χ1) is 13.2. The fraction of sp³-hybridized carbons (Fsp3) is 0.316. The summed E-state index contributed by atoms with van der Waals surface area (Å²) in [5, 5.41) is 10.9. The smallest absolute Gasteiger partial charge is 0.273 e. The summed E-state index contributed by atoms with van der Waals surface area (Å²) in [7, 11) is 1.60. The minimum Gasteiger partial charge on any atom is -0.497 e. The van der Waals surface area contributed by atoms with Gasteiger partial charge in [0.2, 0.25) is 0 Å². The van der Waals surface area contributed by atoms with Crippen molar-refractivity contribution in [2.45, 2.75) is 20.0 Å². The standard InChI is InChI=1S/C19H22N4O4/c1-14-18(21-22-23(14)15-6-3-7-16(12-15)25-2)19(24)20-9-5-10-26-13-17-8-4-11-27-17/h3-4,6-8,11-12H,5,9-10,13H2,1-2H3,(H,20,24). The van der Waals surface area contributed by atoms with Crippen molar-refractivity contribution in [3.63, 3.8) is 0 Å². The Labute approximate surface area is 157 Å². The average molecular weight is 370 g/mol. The zero-order valence-corrected chi connectivity index (χ0v) is 15.3. The summed E-state index contributed by atoms with van der Waals surface area (Å²) in [6.45, 7) is 3.24. The van der Waals surface area contributed by atoms with Gasteiger partial charge in [0.15, 0.2) is 5.69 Å². The van der Waals surface area contributed by atoms with E-state index in [4.69, 9.17) is 13.9 Å². The molecule has 3 rings (SSSR count). The van der Waals surface area contributed by atoms with E-state index < -0.39 is 0 Å². The second-order valence-corrected chi connectivity index (χ2v) is 5.88. The number of carbonyl (C=O) groups is 1. The van der Waals surface area contributed by atoms with Crippen LogP contribution in [-0.2, 0) is 11.3 Å². The van der Waals surface area contributed by atoms with E-state index in [9.17, 15) is 4.79 Å². The molecule has 0 saturated heterocycles. The molecule has 0 radical (unpaired) electrons. The lowest BCUT2D eigenvalue weighted by Crippen LogP contribution is -2.26. The quantitative estimate of drug-likeness (QED) is 0.582. The second kappa shape index (κ2) is 9.00. The molecule has 27 heavy (non-hydrogen) atoms. The van der Waals surface area contributed by atoms with E-state index in [1.54, 1.807) is 25.0 Å². The van der Waals surface area contributed by atoms with Gasteiger partial charge in [0, 0.05) is 19.2 Å². The summed E-state index contributed by atoms with van der Waals surface area (Å²) >= 11 is 0. The molecule has 0 fully saturated rings. The number of methoxy groups -OCH3 is 1. The third kappa shape index (κ3) is 4.73. The van der Waals surface area contributed by atoms with Crippen LogP contribution in [0, 0.1) is 6.92 Å². The minimum atomic E-state index is -0.257. The van der Waals surface area contributed by atoms with Crippen molar-refractivity contribution >= 4 is 5.91 Å². The third-order valence-electron chi connectivity index (χ3n) is 3.98. The lowest BCUT2D eigenvalue weighted by Gasteiger charge is -2.07. The number of carbonyl (C=O) groups excluding carboxylic acids is 1. The van der Waals surface area contributed by atoms with Crippen LogP contribution in [0.3, 0.4) is 0 Å². The van der Waals surface area contributed by atoms with Crippen LogP contribution in [0.25, 0.3) is 5.69 Å². The van der Waals surface area contributed by atoms with Crippen molar-refractivity contribution < 1.29 is 18.7 Å². The molecule has 0 saturated carbocycles. The Morgan fingerprint density at radius 1 is 1.30 bits per heavy atom. The third-order valence-corrected chi connectivity index (χ3v) is 3.98. The number of amides is 1. The number of aromatic nitrogens is 3. The highest BCUT2D eigenvalue weighted by Crippen LogP contribution is 2.18. The van der Waals surface area contributed by atoms with Crippen molar-refractivity contribution in [3.8, 4) is 11.4 Å². The van der Waals surface area contributed by atoms with E-state index in [1.807, 2.05) is 36.4 Å². The fourth-order valence-corrected chi connectivity index (χ4v) is 2.55. The van der Waals surface area contributed by atoms with Crippen LogP contribution in [-0.4, -0.2) is 41.2 Å². The van der Waals surface area contributed by atoms with E-state index in [0.717, 1.165) is 11.4 Å². The Bertz CT molecular complexity index is 874. The highest BCUT2D eigenvalue weighted by molar-refractivity contribution is 5.93. The van der Waals surface area contributed by atoms with E-state index in [-0.39, 0.29) is 5.91 Å². The molecule has 2 heterocycles. The van der Waals surface area contributed by atoms with Crippen LogP contribution >= 0.6 is 0 Å². The SMILES string of the molecule is COc1cccc(-n2nnc(C(=O)NCCCOCc3ccco3)c2C)c1. The number of hydrogen-bond acceptors (Lipinski definition) is 6. The van der Waals surface area contributed by atoms with Gasteiger partial charge >= 0.3 is 0 Å². The van der Waals surface area contributed by atoms with E-state index >= 15 is 0 Å². The first-order valence-electron chi connectivity index (χ1n) is 8.64. The van der Waals surface area contributed by atoms with Crippen molar-refractivity contribution in [1.29, 1.82) is 0 Å². The number of hydrogen-bond donors (Lipinski definition) is 1. The molecule has 1 aromatic carbocycles. The zero-order valence-electron chi connectivity index (χ0n) is 15.3. The lowest BCUT2D eigenvalue weighted by atomic mass is 10.2. The first kappa shape index (κ1) is 18.7. The molecule has 0 aliphatic rings. The van der Waals surface area contributed by atoms with Crippen molar-refractivity contribution in [3.05, 3.63) is 59.8 Å². The summed E-state index contributed by atoms with van der Waals surface area (Å²) < 4.78 is 17.5. The Balaban J connectivity index is 1.49. The van der Waals surface area contributed by atoms with E-state index in [1.165, 1.54) is 0 Å². The molecule has 3 aromatic rings. The average Bonchev–Trinajstić information content (AvgIpc) is 3.34. The molecule has 0 unspecified atom stereocenters. The number of benzene rings is 1. The van der Waals surface area contributed by atoms with Crippen LogP contribution in [0.15, 0.2) is 47.1 Å². The van der Waals surface area contributed by atoms with Crippen LogP contribution in [0.2, 0.25) is 0 Å². The number of nitrogens with zero attached hydrogens (tertiary/aromatic N) is 3. The first-order valence-corrected chi connectivity index (χ1v) is 8.64. The number of rotatable bonds is 9. The maximum absolute atomic E-state index is 12.3. The van der Waals surface area contributed by atoms with Crippen molar-refractivity contribution in [1.82, 2.24) is 20.3 Å². The van der Waals surface area contributed by atoms with Crippen LogP contribution < -0.4 is 10.1 Å². The Hall–Kier alpha value is -3.13. The number of furan rings is 1. The monoisotopic (exact) mass is 370 g/mol. The summed E-state index contributed by atoms with van der Waals surface area (Å²) in [4.78, 5) is 12.3. The molecule has 2 aromatic heterocycles. The molecule has 0 bridgehead atoms. The predicted molar refractivity (Wildman–Crippen MR) is 98.0 cm³/mol. The highest BCUT2D eigenvalue weighted by Gasteiger charge is 2.17. The second-order valence-electron chi connectivity index (χ2n) is 5.88. The topological polar surface area (TPSA) is 91.4 Å². The summed E-state index contributed by atoms with van der Waals surface area (Å²) in [5.74, 6) is 1.24. The molecule has 142 valence electrons. The molecule has 0 aliphatic carbocycles. The van der Waals surface area contributed by atoms with Gasteiger partial charge in [-0.3, -0.25) is 4.79 Å². The van der Waals surface area contributed by atoms with Gasteiger partial charge in [-0.1, -0.05) is 11.3 Å². The van der Waals surface area contributed by atoms with Gasteiger partial charge in [-0.05, 0) is 37.6 Å². The van der Waals surface area contributed by atoms with Crippen LogP contribution in [0.5, 0.6) is 5.75 Å². The van der Waals surface area contributed by atoms with Crippen LogP contribution in [0.1, 0.15) is 28.4 Å². The van der Waals surface area contributed by atoms with Gasteiger partial charge < -0.3 is 19.2 Å². The molecule has 0 atom stereocenters. The van der Waals surface area contributed by atoms with Crippen LogP contribution in [0.4, 0.5) is 0 Å².